The van der Waals surface area contributed by atoms with E-state index in [4.69, 9.17) is 23.2 Å². The highest BCUT2D eigenvalue weighted by Crippen LogP contribution is 2.32. The molecule has 0 radical (unpaired) electrons. The van der Waals surface area contributed by atoms with Crippen molar-refractivity contribution in [3.05, 3.63) is 63.1 Å². The highest BCUT2D eigenvalue weighted by atomic mass is 35.5. The smallest absolute Gasteiger partial charge is 0.244 e. The minimum atomic E-state index is -3.79. The average molecular weight is 483 g/mol. The van der Waals surface area contributed by atoms with Crippen molar-refractivity contribution in [2.45, 2.75) is 58.0 Å². The molecule has 0 aromatic heterocycles. The van der Waals surface area contributed by atoms with Crippen LogP contribution in [0.3, 0.4) is 0 Å². The van der Waals surface area contributed by atoms with Crippen molar-refractivity contribution >= 4 is 44.8 Å². The van der Waals surface area contributed by atoms with Crippen LogP contribution in [0, 0.1) is 0 Å². The van der Waals surface area contributed by atoms with Crippen LogP contribution in [0.15, 0.2) is 36.4 Å². The van der Waals surface area contributed by atoms with Crippen molar-refractivity contribution in [1.82, 2.24) is 5.32 Å². The molecule has 3 rings (SSSR count). The third-order valence-electron chi connectivity index (χ3n) is 5.73. The van der Waals surface area contributed by atoms with Gasteiger partial charge in [0.1, 0.15) is 6.04 Å². The fraction of sp³-hybridized carbons (Fsp3) is 0.435. The lowest BCUT2D eigenvalue weighted by Crippen LogP contribution is -2.48. The summed E-state index contributed by atoms with van der Waals surface area (Å²) in [4.78, 5) is 13.1. The molecular formula is C23H28Cl2N2O3S. The zero-order chi connectivity index (χ0) is 22.8. The van der Waals surface area contributed by atoms with Crippen LogP contribution in [0.4, 0.5) is 5.69 Å². The molecule has 5 nitrogen and oxygen atoms in total. The molecule has 0 spiro atoms. The van der Waals surface area contributed by atoms with Gasteiger partial charge in [-0.1, -0.05) is 48.3 Å². The molecule has 1 aliphatic carbocycles. The van der Waals surface area contributed by atoms with Gasteiger partial charge in [-0.05, 0) is 73.9 Å². The van der Waals surface area contributed by atoms with Crippen LogP contribution in [-0.2, 0) is 27.7 Å². The van der Waals surface area contributed by atoms with Gasteiger partial charge < -0.3 is 5.32 Å². The van der Waals surface area contributed by atoms with Gasteiger partial charge in [0, 0.05) is 5.02 Å². The van der Waals surface area contributed by atoms with E-state index in [1.165, 1.54) is 36.1 Å². The maximum Gasteiger partial charge on any atom is 0.244 e. The Morgan fingerprint density at radius 3 is 2.42 bits per heavy atom. The van der Waals surface area contributed by atoms with Gasteiger partial charge in [0.25, 0.3) is 0 Å². The SMILES string of the molecule is CCC(NC(=O)C(C)N(c1cc(Cl)ccc1Cl)S(C)(=O)=O)c1ccc2c(c1)CCCC2. The number of hydrogen-bond donors (Lipinski definition) is 1. The number of nitrogens with zero attached hydrogens (tertiary/aromatic N) is 1. The summed E-state index contributed by atoms with van der Waals surface area (Å²) in [6, 6.07) is 9.72. The summed E-state index contributed by atoms with van der Waals surface area (Å²) in [5.41, 5.74) is 3.94. The molecule has 2 atom stereocenters. The van der Waals surface area contributed by atoms with E-state index in [0.29, 0.717) is 11.4 Å². The molecule has 0 bridgehead atoms. The van der Waals surface area contributed by atoms with Crippen LogP contribution in [0.5, 0.6) is 0 Å². The molecule has 2 aromatic carbocycles. The van der Waals surface area contributed by atoms with Gasteiger partial charge >= 0.3 is 0 Å². The summed E-state index contributed by atoms with van der Waals surface area (Å²) in [6.45, 7) is 3.55. The largest absolute Gasteiger partial charge is 0.347 e. The summed E-state index contributed by atoms with van der Waals surface area (Å²) in [7, 11) is -3.79. The number of carbonyl (C=O) groups is 1. The van der Waals surface area contributed by atoms with Gasteiger partial charge in [-0.2, -0.15) is 0 Å². The number of carbonyl (C=O) groups excluding carboxylic acids is 1. The molecule has 1 aliphatic rings. The van der Waals surface area contributed by atoms with Gasteiger partial charge in [-0.15, -0.1) is 0 Å². The first kappa shape index (κ1) is 23.9. The zero-order valence-electron chi connectivity index (χ0n) is 18.0. The molecule has 0 fully saturated rings. The van der Waals surface area contributed by atoms with Crippen LogP contribution < -0.4 is 9.62 Å². The molecular weight excluding hydrogens is 455 g/mol. The second-order valence-corrected chi connectivity index (χ2v) is 10.7. The molecule has 0 heterocycles. The van der Waals surface area contributed by atoms with Crippen LogP contribution in [0.1, 0.15) is 55.8 Å². The second kappa shape index (κ2) is 9.80. The van der Waals surface area contributed by atoms with Crippen molar-refractivity contribution in [2.75, 3.05) is 10.6 Å². The summed E-state index contributed by atoms with van der Waals surface area (Å²) in [5.74, 6) is -0.397. The van der Waals surface area contributed by atoms with Gasteiger partial charge in [-0.3, -0.25) is 9.10 Å². The Hall–Kier alpha value is -1.76. The third-order valence-corrected chi connectivity index (χ3v) is 7.52. The Balaban J connectivity index is 1.86. The molecule has 2 unspecified atom stereocenters. The Bertz CT molecular complexity index is 1070. The quantitative estimate of drug-likeness (QED) is 0.582. The van der Waals surface area contributed by atoms with E-state index in [-0.39, 0.29) is 16.8 Å². The molecule has 1 N–H and O–H groups in total. The standard InChI is InChI=1S/C23H28Cl2N2O3S/c1-4-21(18-10-9-16-7-5-6-8-17(16)13-18)26-23(28)15(2)27(31(3,29)30)22-14-19(24)11-12-20(22)25/h9-15,21H,4-8H2,1-3H3,(H,26,28). The number of hydrogen-bond acceptors (Lipinski definition) is 3. The summed E-state index contributed by atoms with van der Waals surface area (Å²) in [5, 5.41) is 3.56. The lowest BCUT2D eigenvalue weighted by atomic mass is 9.88. The Morgan fingerprint density at radius 2 is 1.77 bits per heavy atom. The number of anilines is 1. The number of halogens is 2. The number of nitrogens with one attached hydrogen (secondary N) is 1. The van der Waals surface area contributed by atoms with E-state index < -0.39 is 22.0 Å². The maximum atomic E-state index is 13.1. The molecule has 168 valence electrons. The number of rotatable bonds is 7. The van der Waals surface area contributed by atoms with Crippen LogP contribution in [0.2, 0.25) is 10.0 Å². The van der Waals surface area contributed by atoms with E-state index in [9.17, 15) is 13.2 Å². The van der Waals surface area contributed by atoms with E-state index in [2.05, 4.69) is 23.5 Å². The maximum absolute atomic E-state index is 13.1. The van der Waals surface area contributed by atoms with Crippen LogP contribution in [-0.4, -0.2) is 26.6 Å². The van der Waals surface area contributed by atoms with Crippen LogP contribution in [0.25, 0.3) is 0 Å². The number of fused-ring (bicyclic) bond motifs is 1. The minimum absolute atomic E-state index is 0.182. The van der Waals surface area contributed by atoms with E-state index in [0.717, 1.165) is 29.0 Å². The summed E-state index contributed by atoms with van der Waals surface area (Å²) < 4.78 is 26.2. The Labute approximate surface area is 194 Å². The Kier molecular flexibility index (Phi) is 7.55. The average Bonchev–Trinajstić information content (AvgIpc) is 2.73. The normalized spacial score (nSPS) is 15.6. The lowest BCUT2D eigenvalue weighted by molar-refractivity contribution is -0.122. The van der Waals surface area contributed by atoms with E-state index in [1.807, 2.05) is 6.92 Å². The Morgan fingerprint density at radius 1 is 1.10 bits per heavy atom. The number of benzene rings is 2. The highest BCUT2D eigenvalue weighted by Gasteiger charge is 2.32. The zero-order valence-corrected chi connectivity index (χ0v) is 20.3. The number of sulfonamides is 1. The fourth-order valence-corrected chi connectivity index (χ4v) is 5.72. The minimum Gasteiger partial charge on any atom is -0.347 e. The van der Waals surface area contributed by atoms with Crippen LogP contribution >= 0.6 is 23.2 Å². The molecule has 31 heavy (non-hydrogen) atoms. The van der Waals surface area contributed by atoms with Crippen molar-refractivity contribution in [2.24, 2.45) is 0 Å². The molecule has 0 saturated heterocycles. The van der Waals surface area contributed by atoms with Gasteiger partial charge in [0.2, 0.25) is 15.9 Å². The third kappa shape index (κ3) is 5.54. The van der Waals surface area contributed by atoms with Crippen molar-refractivity contribution in [1.29, 1.82) is 0 Å². The fourth-order valence-electron chi connectivity index (χ4n) is 4.12. The second-order valence-electron chi connectivity index (χ2n) is 8.04. The number of aryl methyl sites for hydroxylation is 2. The number of amides is 1. The monoisotopic (exact) mass is 482 g/mol. The van der Waals surface area contributed by atoms with Crippen molar-refractivity contribution in [3.63, 3.8) is 0 Å². The molecule has 0 saturated carbocycles. The van der Waals surface area contributed by atoms with Gasteiger partial charge in [0.15, 0.2) is 0 Å². The van der Waals surface area contributed by atoms with Gasteiger partial charge in [0.05, 0.1) is 23.0 Å². The first-order chi connectivity index (χ1) is 14.6. The topological polar surface area (TPSA) is 66.5 Å². The predicted molar refractivity (Wildman–Crippen MR) is 128 cm³/mol. The first-order valence-corrected chi connectivity index (χ1v) is 13.1. The van der Waals surface area contributed by atoms with Crippen molar-refractivity contribution < 1.29 is 13.2 Å². The van der Waals surface area contributed by atoms with Crippen molar-refractivity contribution in [3.8, 4) is 0 Å². The summed E-state index contributed by atoms with van der Waals surface area (Å²) >= 11 is 12.3. The lowest BCUT2D eigenvalue weighted by Gasteiger charge is -2.30. The highest BCUT2D eigenvalue weighted by molar-refractivity contribution is 7.92. The summed E-state index contributed by atoms with van der Waals surface area (Å²) in [6.07, 6.45) is 6.28. The molecule has 2 aromatic rings. The molecule has 0 aliphatic heterocycles. The van der Waals surface area contributed by atoms with Gasteiger partial charge in [-0.25, -0.2) is 8.42 Å². The predicted octanol–water partition coefficient (Wildman–Crippen LogP) is 5.29. The first-order valence-electron chi connectivity index (χ1n) is 10.5. The van der Waals surface area contributed by atoms with E-state index in [1.54, 1.807) is 13.0 Å². The molecule has 8 heteroatoms. The van der Waals surface area contributed by atoms with E-state index >= 15 is 0 Å². The molecule has 1 amide bonds.